The van der Waals surface area contributed by atoms with Crippen LogP contribution in [0.15, 0.2) is 29.2 Å². The highest BCUT2D eigenvalue weighted by atomic mass is 32.2. The van der Waals surface area contributed by atoms with Crippen molar-refractivity contribution >= 4 is 35.5 Å². The number of imide groups is 1. The van der Waals surface area contributed by atoms with Crippen molar-refractivity contribution in [1.29, 1.82) is 0 Å². The SMILES string of the molecule is CC(=O)CSc1ccccc1C(=O)O[C@@H](C)C(=O)NC(=O)NC(C)(C)C. The maximum Gasteiger partial charge on any atom is 0.340 e. The summed E-state index contributed by atoms with van der Waals surface area (Å²) in [5.41, 5.74) is -0.241. The molecule has 0 radical (unpaired) electrons. The summed E-state index contributed by atoms with van der Waals surface area (Å²) in [6.07, 6.45) is -1.15. The van der Waals surface area contributed by atoms with E-state index in [1.807, 2.05) is 0 Å². The van der Waals surface area contributed by atoms with Gasteiger partial charge in [0.15, 0.2) is 6.10 Å². The number of carbonyl (C=O) groups excluding carboxylic acids is 4. The average molecular weight is 380 g/mol. The zero-order valence-corrected chi connectivity index (χ0v) is 16.4. The molecule has 1 aromatic carbocycles. The lowest BCUT2D eigenvalue weighted by Gasteiger charge is -2.21. The summed E-state index contributed by atoms with van der Waals surface area (Å²) in [6, 6.07) is 6.00. The fourth-order valence-electron chi connectivity index (χ4n) is 1.80. The number of amides is 3. The molecule has 1 rings (SSSR count). The summed E-state index contributed by atoms with van der Waals surface area (Å²) in [4.78, 5) is 47.8. The van der Waals surface area contributed by atoms with E-state index < -0.39 is 29.6 Å². The summed E-state index contributed by atoms with van der Waals surface area (Å²) >= 11 is 1.22. The largest absolute Gasteiger partial charge is 0.449 e. The number of ketones is 1. The van der Waals surface area contributed by atoms with Crippen LogP contribution in [0.2, 0.25) is 0 Å². The molecule has 0 saturated heterocycles. The lowest BCUT2D eigenvalue weighted by Crippen LogP contribution is -2.50. The number of Topliss-reactive ketones (excluding diaryl/α,β-unsaturated/α-hetero) is 1. The van der Waals surface area contributed by atoms with Crippen molar-refractivity contribution in [3.63, 3.8) is 0 Å². The average Bonchev–Trinajstić information content (AvgIpc) is 2.51. The highest BCUT2D eigenvalue weighted by Crippen LogP contribution is 2.23. The van der Waals surface area contributed by atoms with Crippen LogP contribution in [-0.4, -0.2) is 41.1 Å². The maximum absolute atomic E-state index is 12.3. The smallest absolute Gasteiger partial charge is 0.340 e. The van der Waals surface area contributed by atoms with Gasteiger partial charge in [-0.25, -0.2) is 9.59 Å². The molecule has 7 nitrogen and oxygen atoms in total. The lowest BCUT2D eigenvalue weighted by molar-refractivity contribution is -0.128. The van der Waals surface area contributed by atoms with E-state index in [0.717, 1.165) is 0 Å². The normalized spacial score (nSPS) is 12.0. The molecule has 0 unspecified atom stereocenters. The van der Waals surface area contributed by atoms with Gasteiger partial charge in [-0.05, 0) is 46.8 Å². The number of esters is 1. The van der Waals surface area contributed by atoms with E-state index in [0.29, 0.717) is 4.90 Å². The molecule has 0 saturated carbocycles. The number of urea groups is 1. The molecule has 2 N–H and O–H groups in total. The number of carbonyl (C=O) groups is 4. The van der Waals surface area contributed by atoms with Crippen molar-refractivity contribution < 1.29 is 23.9 Å². The number of hydrogen-bond donors (Lipinski definition) is 2. The lowest BCUT2D eigenvalue weighted by atomic mass is 10.1. The molecule has 0 spiro atoms. The van der Waals surface area contributed by atoms with Gasteiger partial charge < -0.3 is 10.1 Å². The third-order valence-electron chi connectivity index (χ3n) is 2.92. The second-order valence-electron chi connectivity index (χ2n) is 6.73. The van der Waals surface area contributed by atoms with Crippen molar-refractivity contribution in [1.82, 2.24) is 10.6 Å². The van der Waals surface area contributed by atoms with Gasteiger partial charge in [-0.3, -0.25) is 14.9 Å². The minimum atomic E-state index is -1.15. The minimum Gasteiger partial charge on any atom is -0.449 e. The van der Waals surface area contributed by atoms with Crippen molar-refractivity contribution in [3.8, 4) is 0 Å². The summed E-state index contributed by atoms with van der Waals surface area (Å²) in [7, 11) is 0. The fourth-order valence-corrected chi connectivity index (χ4v) is 2.64. The predicted molar refractivity (Wildman–Crippen MR) is 99.2 cm³/mol. The summed E-state index contributed by atoms with van der Waals surface area (Å²) in [5.74, 6) is -1.21. The van der Waals surface area contributed by atoms with Gasteiger partial charge in [0.1, 0.15) is 5.78 Å². The van der Waals surface area contributed by atoms with E-state index in [-0.39, 0.29) is 17.1 Å². The quantitative estimate of drug-likeness (QED) is 0.581. The number of thioether (sulfide) groups is 1. The first-order valence-electron chi connectivity index (χ1n) is 8.05. The molecule has 0 fully saturated rings. The van der Waals surface area contributed by atoms with Crippen LogP contribution < -0.4 is 10.6 Å². The molecule has 26 heavy (non-hydrogen) atoms. The Kier molecular flexibility index (Phi) is 7.82. The van der Waals surface area contributed by atoms with E-state index in [9.17, 15) is 19.2 Å². The van der Waals surface area contributed by atoms with E-state index >= 15 is 0 Å². The van der Waals surface area contributed by atoms with Gasteiger partial charge in [-0.2, -0.15) is 0 Å². The van der Waals surface area contributed by atoms with Crippen LogP contribution in [0.1, 0.15) is 45.0 Å². The molecular formula is C18H24N2O5S. The fraction of sp³-hybridized carbons (Fsp3) is 0.444. The molecule has 0 heterocycles. The van der Waals surface area contributed by atoms with E-state index in [1.165, 1.54) is 25.6 Å². The Labute approximate surface area is 157 Å². The molecule has 0 aliphatic carbocycles. The van der Waals surface area contributed by atoms with Crippen LogP contribution >= 0.6 is 11.8 Å². The van der Waals surface area contributed by atoms with Crippen LogP contribution in [0.3, 0.4) is 0 Å². The van der Waals surface area contributed by atoms with Gasteiger partial charge >= 0.3 is 12.0 Å². The first-order valence-corrected chi connectivity index (χ1v) is 9.03. The maximum atomic E-state index is 12.3. The van der Waals surface area contributed by atoms with Crippen molar-refractivity contribution in [2.45, 2.75) is 51.2 Å². The minimum absolute atomic E-state index is 0.0178. The topological polar surface area (TPSA) is 102 Å². The third-order valence-corrected chi connectivity index (χ3v) is 4.13. The zero-order chi connectivity index (χ0) is 19.9. The zero-order valence-electron chi connectivity index (χ0n) is 15.5. The Morgan fingerprint density at radius 2 is 1.77 bits per heavy atom. The summed E-state index contributed by atoms with van der Waals surface area (Å²) in [5, 5.41) is 4.71. The first kappa shape index (κ1) is 21.7. The first-order chi connectivity index (χ1) is 12.0. The van der Waals surface area contributed by atoms with Crippen LogP contribution in [0, 0.1) is 0 Å². The molecule has 1 atom stereocenters. The van der Waals surface area contributed by atoms with Crippen LogP contribution in [0.25, 0.3) is 0 Å². The van der Waals surface area contributed by atoms with Crippen molar-refractivity contribution in [2.24, 2.45) is 0 Å². The van der Waals surface area contributed by atoms with Crippen molar-refractivity contribution in [2.75, 3.05) is 5.75 Å². The van der Waals surface area contributed by atoms with Gasteiger partial charge in [0.2, 0.25) is 0 Å². The Hall–Kier alpha value is -2.35. The molecule has 8 heteroatoms. The number of ether oxygens (including phenoxy) is 1. The monoisotopic (exact) mass is 380 g/mol. The highest BCUT2D eigenvalue weighted by Gasteiger charge is 2.23. The third kappa shape index (κ3) is 7.69. The Morgan fingerprint density at radius 1 is 1.15 bits per heavy atom. The Bertz CT molecular complexity index is 697. The van der Waals surface area contributed by atoms with Crippen LogP contribution in [0.5, 0.6) is 0 Å². The summed E-state index contributed by atoms with van der Waals surface area (Å²) < 4.78 is 5.15. The molecule has 1 aromatic rings. The Balaban J connectivity index is 2.71. The van der Waals surface area contributed by atoms with Crippen LogP contribution in [0.4, 0.5) is 4.79 Å². The highest BCUT2D eigenvalue weighted by molar-refractivity contribution is 8.00. The summed E-state index contributed by atoms with van der Waals surface area (Å²) in [6.45, 7) is 8.16. The second-order valence-corrected chi connectivity index (χ2v) is 7.74. The van der Waals surface area contributed by atoms with Gasteiger partial charge in [-0.1, -0.05) is 12.1 Å². The molecule has 142 valence electrons. The van der Waals surface area contributed by atoms with Gasteiger partial charge in [-0.15, -0.1) is 11.8 Å². The number of hydrogen-bond acceptors (Lipinski definition) is 6. The molecule has 0 aliphatic rings. The Morgan fingerprint density at radius 3 is 2.35 bits per heavy atom. The standard InChI is InChI=1S/C18H24N2O5S/c1-11(21)10-26-14-9-7-6-8-13(14)16(23)25-12(2)15(22)19-17(24)20-18(3,4)5/h6-9,12H,10H2,1-5H3,(H2,19,20,22,24)/t12-/m0/s1. The van der Waals surface area contributed by atoms with Crippen molar-refractivity contribution in [3.05, 3.63) is 29.8 Å². The molecular weight excluding hydrogens is 356 g/mol. The van der Waals surface area contributed by atoms with Gasteiger partial charge in [0.25, 0.3) is 5.91 Å². The molecule has 0 bridgehead atoms. The number of benzene rings is 1. The number of nitrogens with one attached hydrogen (secondary N) is 2. The van der Waals surface area contributed by atoms with E-state index in [1.54, 1.807) is 45.0 Å². The van der Waals surface area contributed by atoms with Gasteiger partial charge in [0.05, 0.1) is 11.3 Å². The predicted octanol–water partition coefficient (Wildman–Crippen LogP) is 2.54. The molecule has 0 aromatic heterocycles. The van der Waals surface area contributed by atoms with Crippen LogP contribution in [-0.2, 0) is 14.3 Å². The van der Waals surface area contributed by atoms with E-state index in [4.69, 9.17) is 4.74 Å². The number of rotatable bonds is 6. The van der Waals surface area contributed by atoms with E-state index in [2.05, 4.69) is 10.6 Å². The second kappa shape index (κ2) is 9.38. The molecule has 3 amide bonds. The molecule has 0 aliphatic heterocycles. The van der Waals surface area contributed by atoms with Gasteiger partial charge in [0, 0.05) is 10.4 Å².